The fourth-order valence-electron chi connectivity index (χ4n) is 0. The first-order valence-corrected chi connectivity index (χ1v) is 3.00. The van der Waals surface area contributed by atoms with E-state index in [0.29, 0.717) is 0 Å². The molecule has 0 aromatic carbocycles. The van der Waals surface area contributed by atoms with Crippen LogP contribution in [0.25, 0.3) is 0 Å². The third-order valence-corrected chi connectivity index (χ3v) is 0.893. The van der Waals surface area contributed by atoms with Crippen molar-refractivity contribution in [2.75, 3.05) is 0 Å². The Balaban J connectivity index is 2.30. The molecule has 0 heterocycles. The molecule has 0 nitrogen and oxygen atoms in total. The van der Waals surface area contributed by atoms with Crippen molar-refractivity contribution < 1.29 is 19.2 Å². The summed E-state index contributed by atoms with van der Waals surface area (Å²) in [5.74, 6) is 0. The van der Waals surface area contributed by atoms with Crippen molar-refractivity contribution >= 4 is 0 Å². The molecule has 0 amide bonds. The molecule has 0 spiro atoms. The second-order valence-electron chi connectivity index (χ2n) is 0.443. The van der Waals surface area contributed by atoms with E-state index in [1.165, 1.54) is 0 Å². The fraction of sp³-hybridized carbons (Fsp3) is 0.333. The van der Waals surface area contributed by atoms with E-state index in [1.54, 1.807) is 19.2 Å². The van der Waals surface area contributed by atoms with Gasteiger partial charge >= 0.3 is 36.8 Å². The van der Waals surface area contributed by atoms with E-state index >= 15 is 0 Å². The van der Waals surface area contributed by atoms with Crippen LogP contribution in [0.4, 0.5) is 0 Å². The molecule has 0 saturated carbocycles. The second-order valence-corrected chi connectivity index (χ2v) is 1.55. The van der Waals surface area contributed by atoms with Crippen molar-refractivity contribution in [3.63, 3.8) is 0 Å². The molecule has 0 radical (unpaired) electrons. The van der Waals surface area contributed by atoms with Crippen molar-refractivity contribution in [1.29, 1.82) is 0 Å². The summed E-state index contributed by atoms with van der Waals surface area (Å²) in [6.07, 6.45) is 1.90. The van der Waals surface area contributed by atoms with Gasteiger partial charge in [-0.3, -0.25) is 0 Å². The van der Waals surface area contributed by atoms with Gasteiger partial charge in [-0.25, -0.2) is 0 Å². The van der Waals surface area contributed by atoms with Crippen LogP contribution >= 0.6 is 0 Å². The van der Waals surface area contributed by atoms with Crippen LogP contribution in [-0.2, 0) is 19.2 Å². The minimum absolute atomic E-state index is 1.14. The molecule has 0 saturated heterocycles. The predicted molar refractivity (Wildman–Crippen MR) is 15.0 cm³/mol. The summed E-state index contributed by atoms with van der Waals surface area (Å²) in [4.78, 5) is 1.14. The summed E-state index contributed by atoms with van der Waals surface area (Å²) in [6.45, 7) is 3.49. The summed E-state index contributed by atoms with van der Waals surface area (Å²) in [6, 6.07) is 0. The van der Waals surface area contributed by atoms with Gasteiger partial charge in [0.2, 0.25) is 0 Å². The molecule has 0 aliphatic carbocycles. The Morgan fingerprint density at radius 2 is 2.25 bits per heavy atom. The van der Waals surface area contributed by atoms with E-state index in [-0.39, 0.29) is 0 Å². The van der Waals surface area contributed by atoms with Crippen molar-refractivity contribution in [3.8, 4) is 0 Å². The number of rotatable bonds is 1. The van der Waals surface area contributed by atoms with Crippen LogP contribution in [0.5, 0.6) is 0 Å². The molecule has 0 aliphatic rings. The molecule has 4 heavy (non-hydrogen) atoms. The van der Waals surface area contributed by atoms with E-state index in [9.17, 15) is 0 Å². The standard InChI is InChI=1S/C3H5.Re/c1-3-2;/h3H,1-2H2;. The molecule has 0 rings (SSSR count). The van der Waals surface area contributed by atoms with Gasteiger partial charge in [-0.05, 0) is 0 Å². The first kappa shape index (κ1) is 4.40. The third-order valence-electron chi connectivity index (χ3n) is 0.109. The van der Waals surface area contributed by atoms with Gasteiger partial charge in [0.25, 0.3) is 0 Å². The first-order valence-electron chi connectivity index (χ1n) is 1.08. The SMILES string of the molecule is C=C[CH2][Re]. The van der Waals surface area contributed by atoms with Crippen molar-refractivity contribution in [2.45, 2.75) is 4.89 Å². The maximum absolute atomic E-state index is 3.49. The predicted octanol–water partition coefficient (Wildman–Crippen LogP) is 1.14. The zero-order valence-electron chi connectivity index (χ0n) is 2.37. The van der Waals surface area contributed by atoms with E-state index < -0.39 is 0 Å². The molecule has 0 fully saturated rings. The molecule has 24 valence electrons. The van der Waals surface area contributed by atoms with E-state index in [2.05, 4.69) is 6.58 Å². The van der Waals surface area contributed by atoms with Gasteiger partial charge in [0.1, 0.15) is 0 Å². The number of hydrogen-bond donors (Lipinski definition) is 0. The summed E-state index contributed by atoms with van der Waals surface area (Å²) in [5.41, 5.74) is 0. The van der Waals surface area contributed by atoms with Gasteiger partial charge in [-0.1, -0.05) is 0 Å². The third kappa shape index (κ3) is 2.40. The van der Waals surface area contributed by atoms with Gasteiger partial charge < -0.3 is 0 Å². The van der Waals surface area contributed by atoms with Crippen LogP contribution in [0, 0.1) is 0 Å². The first-order chi connectivity index (χ1) is 1.91. The van der Waals surface area contributed by atoms with Gasteiger partial charge in [0.05, 0.1) is 0 Å². The number of hydrogen-bond acceptors (Lipinski definition) is 0. The molecule has 0 unspecified atom stereocenters. The van der Waals surface area contributed by atoms with Gasteiger partial charge in [0, 0.05) is 0 Å². The Hall–Kier alpha value is 0.402. The molecular formula is C3H5Re. The molecule has 0 atom stereocenters. The van der Waals surface area contributed by atoms with Crippen molar-refractivity contribution in [2.24, 2.45) is 0 Å². The topological polar surface area (TPSA) is 0 Å². The normalized spacial score (nSPS) is 6.25. The summed E-state index contributed by atoms with van der Waals surface area (Å²) in [7, 11) is 0. The van der Waals surface area contributed by atoms with Crippen LogP contribution < -0.4 is 0 Å². The average molecular weight is 227 g/mol. The summed E-state index contributed by atoms with van der Waals surface area (Å²) in [5, 5.41) is 0. The Bertz CT molecular complexity index is 17.2. The van der Waals surface area contributed by atoms with E-state index in [1.807, 2.05) is 6.08 Å². The Labute approximate surface area is 37.3 Å². The molecule has 0 bridgehead atoms. The summed E-state index contributed by atoms with van der Waals surface area (Å²) >= 11 is 1.75. The van der Waals surface area contributed by atoms with Gasteiger partial charge in [-0.2, -0.15) is 0 Å². The van der Waals surface area contributed by atoms with Crippen molar-refractivity contribution in [1.82, 2.24) is 0 Å². The zero-order valence-corrected chi connectivity index (χ0v) is 5.09. The average Bonchev–Trinajstić information content (AvgIpc) is 1.37. The molecule has 0 aromatic rings. The molecular weight excluding hydrogens is 222 g/mol. The molecule has 0 aromatic heterocycles. The molecule has 0 aliphatic heterocycles. The van der Waals surface area contributed by atoms with Gasteiger partial charge in [-0.15, -0.1) is 0 Å². The monoisotopic (exact) mass is 228 g/mol. The van der Waals surface area contributed by atoms with Crippen LogP contribution in [0.1, 0.15) is 0 Å². The van der Waals surface area contributed by atoms with Crippen LogP contribution in [0.3, 0.4) is 0 Å². The van der Waals surface area contributed by atoms with Crippen LogP contribution in [-0.4, -0.2) is 0 Å². The Morgan fingerprint density at radius 3 is 2.25 bits per heavy atom. The molecule has 0 N–H and O–H groups in total. The van der Waals surface area contributed by atoms with Crippen molar-refractivity contribution in [3.05, 3.63) is 12.7 Å². The Kier molecular flexibility index (Phi) is 3.74. The number of allylic oxidation sites excluding steroid dienone is 1. The molecule has 1 heteroatoms. The van der Waals surface area contributed by atoms with E-state index in [4.69, 9.17) is 0 Å². The maximum atomic E-state index is 3.49. The van der Waals surface area contributed by atoms with Gasteiger partial charge in [0.15, 0.2) is 0 Å². The Morgan fingerprint density at radius 1 is 2.00 bits per heavy atom. The summed E-state index contributed by atoms with van der Waals surface area (Å²) < 4.78 is 0. The second kappa shape index (κ2) is 3.40. The fourth-order valence-corrected chi connectivity index (χ4v) is 0. The minimum atomic E-state index is 1.14. The van der Waals surface area contributed by atoms with Crippen LogP contribution in [0.2, 0.25) is 4.89 Å². The van der Waals surface area contributed by atoms with E-state index in [0.717, 1.165) is 4.89 Å². The zero-order chi connectivity index (χ0) is 3.41. The quantitative estimate of drug-likeness (QED) is 0.589. The van der Waals surface area contributed by atoms with Crippen LogP contribution in [0.15, 0.2) is 12.7 Å².